The Kier molecular flexibility index (Phi) is 8.34. The van der Waals surface area contributed by atoms with Crippen molar-refractivity contribution in [3.63, 3.8) is 0 Å². The molecule has 0 N–H and O–H groups in total. The van der Waals surface area contributed by atoms with Gasteiger partial charge in [0, 0.05) is 26.2 Å². The normalized spacial score (nSPS) is 18.5. The SMILES string of the molecule is COc1ccc(S(=O)(=O)N2CCN(C(c3ccc(OC)c(OC)c3)c3nnnn3C3CCCCC3)CC2)cc1. The Balaban J connectivity index is 1.44. The Morgan fingerprint density at radius 2 is 1.54 bits per heavy atom. The highest BCUT2D eigenvalue weighted by molar-refractivity contribution is 7.89. The van der Waals surface area contributed by atoms with Crippen molar-refractivity contribution >= 4 is 10.0 Å². The molecule has 1 aromatic heterocycles. The van der Waals surface area contributed by atoms with E-state index in [9.17, 15) is 8.42 Å². The second-order valence-electron chi connectivity index (χ2n) is 9.91. The van der Waals surface area contributed by atoms with Crippen molar-refractivity contribution < 1.29 is 22.6 Å². The van der Waals surface area contributed by atoms with E-state index in [2.05, 4.69) is 20.4 Å². The quantitative estimate of drug-likeness (QED) is 0.392. The van der Waals surface area contributed by atoms with Gasteiger partial charge in [0.15, 0.2) is 17.3 Å². The average Bonchev–Trinajstić information content (AvgIpc) is 3.47. The van der Waals surface area contributed by atoms with Gasteiger partial charge < -0.3 is 14.2 Å². The Bertz CT molecular complexity index is 1350. The minimum Gasteiger partial charge on any atom is -0.497 e. The number of benzene rings is 2. The maximum Gasteiger partial charge on any atom is 0.243 e. The van der Waals surface area contributed by atoms with Gasteiger partial charge in [-0.05, 0) is 65.2 Å². The van der Waals surface area contributed by atoms with Crippen LogP contribution in [0.1, 0.15) is 55.6 Å². The largest absolute Gasteiger partial charge is 0.497 e. The predicted molar refractivity (Wildman–Crippen MR) is 145 cm³/mol. The summed E-state index contributed by atoms with van der Waals surface area (Å²) < 4.78 is 46.5. The number of methoxy groups -OCH3 is 3. The lowest BCUT2D eigenvalue weighted by atomic mass is 9.95. The van der Waals surface area contributed by atoms with Crippen LogP contribution in [-0.2, 0) is 10.0 Å². The molecule has 2 aromatic carbocycles. The van der Waals surface area contributed by atoms with Crippen LogP contribution < -0.4 is 14.2 Å². The van der Waals surface area contributed by atoms with E-state index in [-0.39, 0.29) is 17.0 Å². The molecule has 1 atom stereocenters. The molecule has 12 heteroatoms. The zero-order valence-corrected chi connectivity index (χ0v) is 23.5. The van der Waals surface area contributed by atoms with Gasteiger partial charge in [-0.15, -0.1) is 5.10 Å². The number of tetrazole rings is 1. The number of aromatic nitrogens is 4. The van der Waals surface area contributed by atoms with Crippen molar-refractivity contribution in [2.75, 3.05) is 47.5 Å². The molecule has 11 nitrogen and oxygen atoms in total. The fraction of sp³-hybridized carbons (Fsp3) is 0.519. The first kappa shape index (κ1) is 27.4. The third-order valence-corrected chi connectivity index (χ3v) is 9.66. The first-order valence-corrected chi connectivity index (χ1v) is 14.8. The van der Waals surface area contributed by atoms with Gasteiger partial charge in [0.1, 0.15) is 5.75 Å². The van der Waals surface area contributed by atoms with Crippen molar-refractivity contribution in [1.29, 1.82) is 0 Å². The fourth-order valence-corrected chi connectivity index (χ4v) is 7.03. The molecule has 5 rings (SSSR count). The van der Waals surface area contributed by atoms with E-state index in [1.807, 2.05) is 22.9 Å². The molecular formula is C27H36N6O5S. The molecule has 1 aliphatic carbocycles. The van der Waals surface area contributed by atoms with E-state index >= 15 is 0 Å². The number of ether oxygens (including phenoxy) is 3. The Labute approximate surface area is 229 Å². The van der Waals surface area contributed by atoms with E-state index < -0.39 is 10.0 Å². The third kappa shape index (κ3) is 5.59. The standard InChI is InChI=1S/C27H36N6O5S/c1-36-22-10-12-23(13-11-22)39(34,35)32-17-15-31(16-18-32)26(20-9-14-24(37-2)25(19-20)38-3)27-28-29-30-33(27)21-7-5-4-6-8-21/h9-14,19,21,26H,4-8,15-18H2,1-3H3. The van der Waals surface area contributed by atoms with Crippen LogP contribution in [-0.4, -0.2) is 85.3 Å². The monoisotopic (exact) mass is 556 g/mol. The maximum absolute atomic E-state index is 13.4. The number of hydrogen-bond donors (Lipinski definition) is 0. The second-order valence-corrected chi connectivity index (χ2v) is 11.8. The first-order chi connectivity index (χ1) is 19.0. The van der Waals surface area contributed by atoms with Gasteiger partial charge in [-0.25, -0.2) is 13.1 Å². The minimum atomic E-state index is -3.63. The van der Waals surface area contributed by atoms with Crippen LogP contribution in [0.2, 0.25) is 0 Å². The lowest BCUT2D eigenvalue weighted by Gasteiger charge is -2.39. The van der Waals surface area contributed by atoms with Gasteiger partial charge in [-0.1, -0.05) is 25.3 Å². The average molecular weight is 557 g/mol. The van der Waals surface area contributed by atoms with Crippen molar-refractivity contribution in [2.24, 2.45) is 0 Å². The summed E-state index contributed by atoms with van der Waals surface area (Å²) in [6.45, 7) is 1.74. The Morgan fingerprint density at radius 1 is 0.846 bits per heavy atom. The molecule has 0 bridgehead atoms. The first-order valence-electron chi connectivity index (χ1n) is 13.3. The summed E-state index contributed by atoms with van der Waals surface area (Å²) in [5.74, 6) is 2.65. The number of sulfonamides is 1. The lowest BCUT2D eigenvalue weighted by Crippen LogP contribution is -2.50. The molecule has 0 spiro atoms. The van der Waals surface area contributed by atoms with E-state index in [1.54, 1.807) is 49.9 Å². The summed E-state index contributed by atoms with van der Waals surface area (Å²) in [6.07, 6.45) is 5.65. The number of hydrogen-bond acceptors (Lipinski definition) is 9. The van der Waals surface area contributed by atoms with Crippen molar-refractivity contribution in [3.05, 3.63) is 53.9 Å². The van der Waals surface area contributed by atoms with Crippen LogP contribution in [0.5, 0.6) is 17.2 Å². The Morgan fingerprint density at radius 3 is 2.18 bits per heavy atom. The topological polar surface area (TPSA) is 112 Å². The smallest absolute Gasteiger partial charge is 0.243 e. The zero-order chi connectivity index (χ0) is 27.4. The van der Waals surface area contributed by atoms with Crippen molar-refractivity contribution in [2.45, 2.75) is 49.1 Å². The number of rotatable bonds is 9. The molecule has 2 aliphatic rings. The zero-order valence-electron chi connectivity index (χ0n) is 22.7. The van der Waals surface area contributed by atoms with Crippen LogP contribution in [0.15, 0.2) is 47.4 Å². The van der Waals surface area contributed by atoms with Gasteiger partial charge in [-0.2, -0.15) is 4.31 Å². The molecule has 3 aromatic rings. The molecule has 39 heavy (non-hydrogen) atoms. The molecular weight excluding hydrogens is 520 g/mol. The van der Waals surface area contributed by atoms with Gasteiger partial charge in [0.05, 0.1) is 38.3 Å². The summed E-state index contributed by atoms with van der Waals surface area (Å²) in [7, 11) is 1.16. The van der Waals surface area contributed by atoms with E-state index in [4.69, 9.17) is 14.2 Å². The van der Waals surface area contributed by atoms with E-state index in [0.717, 1.165) is 37.1 Å². The van der Waals surface area contributed by atoms with Gasteiger partial charge >= 0.3 is 0 Å². The minimum absolute atomic E-state index is 0.253. The van der Waals surface area contributed by atoms with E-state index in [0.29, 0.717) is 43.4 Å². The maximum atomic E-state index is 13.4. The molecule has 1 aliphatic heterocycles. The highest BCUT2D eigenvalue weighted by atomic mass is 32.2. The molecule has 0 amide bonds. The van der Waals surface area contributed by atoms with Crippen LogP contribution in [0, 0.1) is 0 Å². The molecule has 1 unspecified atom stereocenters. The molecule has 1 saturated heterocycles. The second kappa shape index (κ2) is 11.9. The summed E-state index contributed by atoms with van der Waals surface area (Å²) in [6, 6.07) is 12.4. The molecule has 0 radical (unpaired) electrons. The fourth-order valence-electron chi connectivity index (χ4n) is 5.61. The van der Waals surface area contributed by atoms with E-state index in [1.165, 1.54) is 6.42 Å². The van der Waals surface area contributed by atoms with Gasteiger partial charge in [-0.3, -0.25) is 4.90 Å². The molecule has 210 valence electrons. The van der Waals surface area contributed by atoms with Crippen molar-refractivity contribution in [3.8, 4) is 17.2 Å². The number of nitrogens with zero attached hydrogens (tertiary/aromatic N) is 6. The Hall–Kier alpha value is -3.22. The lowest BCUT2D eigenvalue weighted by molar-refractivity contribution is 0.145. The summed E-state index contributed by atoms with van der Waals surface area (Å²) in [4.78, 5) is 2.51. The molecule has 2 heterocycles. The summed E-state index contributed by atoms with van der Waals surface area (Å²) in [5.41, 5.74) is 0.964. The highest BCUT2D eigenvalue weighted by Gasteiger charge is 2.36. The summed E-state index contributed by atoms with van der Waals surface area (Å²) >= 11 is 0. The molecule has 2 fully saturated rings. The van der Waals surface area contributed by atoms with Crippen LogP contribution in [0.25, 0.3) is 0 Å². The van der Waals surface area contributed by atoms with Crippen LogP contribution in [0.3, 0.4) is 0 Å². The molecule has 1 saturated carbocycles. The van der Waals surface area contributed by atoms with Crippen LogP contribution >= 0.6 is 0 Å². The third-order valence-electron chi connectivity index (χ3n) is 7.74. The number of piperazine rings is 1. The van der Waals surface area contributed by atoms with Gasteiger partial charge in [0.2, 0.25) is 10.0 Å². The van der Waals surface area contributed by atoms with Crippen molar-refractivity contribution in [1.82, 2.24) is 29.4 Å². The predicted octanol–water partition coefficient (Wildman–Crippen LogP) is 3.30. The highest BCUT2D eigenvalue weighted by Crippen LogP contribution is 2.37. The van der Waals surface area contributed by atoms with Gasteiger partial charge in [0.25, 0.3) is 0 Å². The summed E-state index contributed by atoms with van der Waals surface area (Å²) in [5, 5.41) is 13.0. The van der Waals surface area contributed by atoms with Crippen LogP contribution in [0.4, 0.5) is 0 Å².